The number of hydrogen-bond acceptors (Lipinski definition) is 4. The van der Waals surface area contributed by atoms with E-state index in [1.165, 1.54) is 0 Å². The molecule has 0 fully saturated rings. The van der Waals surface area contributed by atoms with Crippen LogP contribution in [-0.2, 0) is 11.2 Å². The number of ether oxygens (including phenoxy) is 3. The highest BCUT2D eigenvalue weighted by Crippen LogP contribution is 2.40. The van der Waals surface area contributed by atoms with Crippen LogP contribution in [0.5, 0.6) is 17.2 Å². The van der Waals surface area contributed by atoms with E-state index in [1.807, 2.05) is 6.07 Å². The number of rotatable bonds is 2. The summed E-state index contributed by atoms with van der Waals surface area (Å²) in [5, 5.41) is 3.41. The van der Waals surface area contributed by atoms with Gasteiger partial charge in [0.1, 0.15) is 5.75 Å². The van der Waals surface area contributed by atoms with Crippen LogP contribution in [-0.4, -0.2) is 18.8 Å². The van der Waals surface area contributed by atoms with Crippen molar-refractivity contribution in [3.05, 3.63) is 47.0 Å². The number of benzene rings is 2. The fourth-order valence-electron chi connectivity index (χ4n) is 2.74. The van der Waals surface area contributed by atoms with Crippen molar-refractivity contribution in [1.82, 2.24) is 0 Å². The van der Waals surface area contributed by atoms with E-state index in [4.69, 9.17) is 25.8 Å². The predicted octanol–water partition coefficient (Wildman–Crippen LogP) is 3.40. The number of halogens is 1. The van der Waals surface area contributed by atoms with Crippen molar-refractivity contribution in [3.8, 4) is 17.2 Å². The number of carbonyl (C=O) groups excluding carboxylic acids is 1. The van der Waals surface area contributed by atoms with Crippen LogP contribution >= 0.6 is 11.6 Å². The van der Waals surface area contributed by atoms with Gasteiger partial charge in [0.15, 0.2) is 17.6 Å². The molecule has 0 aromatic heterocycles. The normalized spacial score (nSPS) is 18.0. The summed E-state index contributed by atoms with van der Waals surface area (Å²) in [6, 6.07) is 10.7. The monoisotopic (exact) mass is 331 g/mol. The van der Waals surface area contributed by atoms with E-state index >= 15 is 0 Å². The van der Waals surface area contributed by atoms with Crippen LogP contribution in [0.4, 0.5) is 5.69 Å². The number of carbonyl (C=O) groups is 1. The average molecular weight is 332 g/mol. The third-order valence-electron chi connectivity index (χ3n) is 3.89. The van der Waals surface area contributed by atoms with Crippen LogP contribution in [0, 0.1) is 0 Å². The lowest BCUT2D eigenvalue weighted by Crippen LogP contribution is -2.35. The maximum atomic E-state index is 12.4. The fourth-order valence-corrected chi connectivity index (χ4v) is 2.93. The summed E-state index contributed by atoms with van der Waals surface area (Å²) in [4.78, 5) is 12.4. The van der Waals surface area contributed by atoms with Gasteiger partial charge in [-0.2, -0.15) is 0 Å². The Kier molecular flexibility index (Phi) is 3.50. The first-order valence-corrected chi connectivity index (χ1v) is 7.72. The van der Waals surface area contributed by atoms with Crippen LogP contribution in [0.1, 0.15) is 12.0 Å². The average Bonchev–Trinajstić information content (AvgIpc) is 2.99. The molecule has 2 heterocycles. The van der Waals surface area contributed by atoms with Gasteiger partial charge in [-0.15, -0.1) is 0 Å². The highest BCUT2D eigenvalue weighted by atomic mass is 35.5. The molecule has 2 aromatic rings. The summed E-state index contributed by atoms with van der Waals surface area (Å²) in [6.45, 7) is 0.219. The van der Waals surface area contributed by atoms with Crippen LogP contribution in [0.15, 0.2) is 36.4 Å². The molecule has 23 heavy (non-hydrogen) atoms. The van der Waals surface area contributed by atoms with Gasteiger partial charge in [0.05, 0.1) is 0 Å². The molecule has 1 N–H and O–H groups in total. The Morgan fingerprint density at radius 2 is 1.96 bits per heavy atom. The lowest BCUT2D eigenvalue weighted by molar-refractivity contribution is -0.123. The Labute approximate surface area is 138 Å². The quantitative estimate of drug-likeness (QED) is 0.916. The predicted molar refractivity (Wildman–Crippen MR) is 85.4 cm³/mol. The maximum Gasteiger partial charge on any atom is 0.265 e. The molecule has 5 nitrogen and oxygen atoms in total. The SMILES string of the molecule is O=C(Nc1cccc(Cl)c1)C1CCc2cc3c(cc2O1)OCO3. The molecule has 1 atom stereocenters. The van der Waals surface area contributed by atoms with E-state index in [1.54, 1.807) is 30.3 Å². The molecule has 0 aliphatic carbocycles. The Morgan fingerprint density at radius 3 is 2.78 bits per heavy atom. The van der Waals surface area contributed by atoms with E-state index in [0.29, 0.717) is 28.6 Å². The van der Waals surface area contributed by atoms with Gasteiger partial charge in [0.2, 0.25) is 6.79 Å². The summed E-state index contributed by atoms with van der Waals surface area (Å²) in [5.41, 5.74) is 1.68. The molecular weight excluding hydrogens is 318 g/mol. The number of aryl methyl sites for hydroxylation is 1. The van der Waals surface area contributed by atoms with Crippen molar-refractivity contribution < 1.29 is 19.0 Å². The highest BCUT2D eigenvalue weighted by molar-refractivity contribution is 6.30. The zero-order valence-electron chi connectivity index (χ0n) is 12.2. The van der Waals surface area contributed by atoms with Gasteiger partial charge in [-0.25, -0.2) is 0 Å². The Hall–Kier alpha value is -2.40. The first kappa shape index (κ1) is 14.2. The van der Waals surface area contributed by atoms with Gasteiger partial charge >= 0.3 is 0 Å². The Bertz CT molecular complexity index is 777. The molecule has 2 aromatic carbocycles. The lowest BCUT2D eigenvalue weighted by atomic mass is 10.0. The van der Waals surface area contributed by atoms with Crippen molar-refractivity contribution in [2.45, 2.75) is 18.9 Å². The van der Waals surface area contributed by atoms with E-state index in [-0.39, 0.29) is 12.7 Å². The van der Waals surface area contributed by atoms with E-state index < -0.39 is 6.10 Å². The molecular formula is C17H14ClNO4. The number of hydrogen-bond donors (Lipinski definition) is 1. The molecule has 1 amide bonds. The van der Waals surface area contributed by atoms with E-state index in [9.17, 15) is 4.79 Å². The zero-order valence-corrected chi connectivity index (χ0v) is 12.9. The van der Waals surface area contributed by atoms with Crippen molar-refractivity contribution in [2.75, 3.05) is 12.1 Å². The first-order valence-electron chi connectivity index (χ1n) is 7.35. The topological polar surface area (TPSA) is 56.8 Å². The molecule has 118 valence electrons. The maximum absolute atomic E-state index is 12.4. The van der Waals surface area contributed by atoms with Gasteiger partial charge in [-0.05, 0) is 42.7 Å². The molecule has 0 radical (unpaired) electrons. The Balaban J connectivity index is 1.50. The number of nitrogens with one attached hydrogen (secondary N) is 1. The number of anilines is 1. The lowest BCUT2D eigenvalue weighted by Gasteiger charge is -2.25. The summed E-state index contributed by atoms with van der Waals surface area (Å²) in [5.74, 6) is 1.87. The van der Waals surface area contributed by atoms with Crippen molar-refractivity contribution >= 4 is 23.2 Å². The molecule has 2 aliphatic heterocycles. The van der Waals surface area contributed by atoms with Gasteiger partial charge in [0, 0.05) is 16.8 Å². The second-order valence-corrected chi connectivity index (χ2v) is 5.89. The highest BCUT2D eigenvalue weighted by Gasteiger charge is 2.28. The number of fused-ring (bicyclic) bond motifs is 2. The van der Waals surface area contributed by atoms with E-state index in [0.717, 1.165) is 17.7 Å². The van der Waals surface area contributed by atoms with Crippen molar-refractivity contribution in [1.29, 1.82) is 0 Å². The molecule has 0 saturated carbocycles. The Morgan fingerprint density at radius 1 is 1.13 bits per heavy atom. The molecule has 0 spiro atoms. The van der Waals surface area contributed by atoms with E-state index in [2.05, 4.69) is 5.32 Å². The molecule has 2 aliphatic rings. The smallest absolute Gasteiger partial charge is 0.265 e. The minimum atomic E-state index is -0.540. The third-order valence-corrected chi connectivity index (χ3v) is 4.12. The van der Waals surface area contributed by atoms with Crippen molar-refractivity contribution in [2.24, 2.45) is 0 Å². The van der Waals surface area contributed by atoms with Gasteiger partial charge in [-0.3, -0.25) is 4.79 Å². The van der Waals surface area contributed by atoms with Crippen LogP contribution in [0.2, 0.25) is 5.02 Å². The minimum Gasteiger partial charge on any atom is -0.480 e. The standard InChI is InChI=1S/C17H14ClNO4/c18-11-2-1-3-12(7-11)19-17(20)13-5-4-10-6-15-16(22-9-21-15)8-14(10)23-13/h1-3,6-8,13H,4-5,9H2,(H,19,20). The molecule has 4 rings (SSSR count). The van der Waals surface area contributed by atoms with Crippen molar-refractivity contribution in [3.63, 3.8) is 0 Å². The zero-order chi connectivity index (χ0) is 15.8. The van der Waals surface area contributed by atoms with Gasteiger partial charge in [-0.1, -0.05) is 17.7 Å². The second kappa shape index (κ2) is 5.66. The number of amides is 1. The molecule has 6 heteroatoms. The second-order valence-electron chi connectivity index (χ2n) is 5.46. The van der Waals surface area contributed by atoms with Gasteiger partial charge in [0.25, 0.3) is 5.91 Å². The summed E-state index contributed by atoms with van der Waals surface area (Å²) in [6.07, 6.45) is 0.820. The van der Waals surface area contributed by atoms with Crippen LogP contribution in [0.25, 0.3) is 0 Å². The molecule has 1 unspecified atom stereocenters. The van der Waals surface area contributed by atoms with Gasteiger partial charge < -0.3 is 19.5 Å². The molecule has 0 saturated heterocycles. The van der Waals surface area contributed by atoms with Crippen LogP contribution in [0.3, 0.4) is 0 Å². The van der Waals surface area contributed by atoms with Crippen LogP contribution < -0.4 is 19.5 Å². The third kappa shape index (κ3) is 2.80. The fraction of sp³-hybridized carbons (Fsp3) is 0.235. The first-order chi connectivity index (χ1) is 11.2. The summed E-state index contributed by atoms with van der Waals surface area (Å²) in [7, 11) is 0. The summed E-state index contributed by atoms with van der Waals surface area (Å²) < 4.78 is 16.6. The molecule has 0 bridgehead atoms. The minimum absolute atomic E-state index is 0.185. The largest absolute Gasteiger partial charge is 0.480 e. The summed E-state index contributed by atoms with van der Waals surface area (Å²) >= 11 is 5.93.